The molecule has 1 heterocycles. The molecule has 1 aromatic heterocycles. The number of halogens is 1. The average molecular weight is 323 g/mol. The number of unbranched alkanes of at least 4 members (excludes halogenated alkanes) is 1. The van der Waals surface area contributed by atoms with Crippen LogP contribution in [0.1, 0.15) is 35.8 Å². The van der Waals surface area contributed by atoms with Crippen LogP contribution in [0.2, 0.25) is 0 Å². The second kappa shape index (κ2) is 7.57. The number of hydrogen-bond donors (Lipinski definition) is 0. The van der Waals surface area contributed by atoms with Crippen LogP contribution in [-0.2, 0) is 5.88 Å². The Balaban J connectivity index is 2.19. The highest BCUT2D eigenvalue weighted by Gasteiger charge is 2.13. The number of hydrogen-bond acceptors (Lipinski definition) is 3. The van der Waals surface area contributed by atoms with E-state index in [1.165, 1.54) is 0 Å². The van der Waals surface area contributed by atoms with Gasteiger partial charge in [0.2, 0.25) is 0 Å². The van der Waals surface area contributed by atoms with Gasteiger partial charge >= 0.3 is 0 Å². The number of rotatable bonds is 6. The fraction of sp³-hybridized carbons (Fsp3) is 0.375. The second-order valence-electron chi connectivity index (χ2n) is 4.94. The molecule has 0 aliphatic rings. The molecule has 0 fully saturated rings. The molecular weight excluding hydrogens is 304 g/mol. The molecule has 1 amide bonds. The molecular formula is C16H19ClN2OS. The van der Waals surface area contributed by atoms with E-state index < -0.39 is 0 Å². The summed E-state index contributed by atoms with van der Waals surface area (Å²) in [7, 11) is 1.85. The van der Waals surface area contributed by atoms with Crippen molar-refractivity contribution < 1.29 is 4.79 Å². The summed E-state index contributed by atoms with van der Waals surface area (Å²) in [6.45, 7) is 2.91. The maximum Gasteiger partial charge on any atom is 0.253 e. The molecule has 1 aromatic carbocycles. The fourth-order valence-corrected chi connectivity index (χ4v) is 3.05. The van der Waals surface area contributed by atoms with Gasteiger partial charge in [-0.15, -0.1) is 22.9 Å². The lowest BCUT2D eigenvalue weighted by Gasteiger charge is -2.17. The summed E-state index contributed by atoms with van der Waals surface area (Å²) >= 11 is 7.33. The molecule has 3 nitrogen and oxygen atoms in total. The maximum atomic E-state index is 12.4. The van der Waals surface area contributed by atoms with E-state index in [-0.39, 0.29) is 5.91 Å². The number of aromatic nitrogens is 1. The summed E-state index contributed by atoms with van der Waals surface area (Å²) in [6, 6.07) is 7.63. The Bertz CT molecular complexity index is 612. The van der Waals surface area contributed by atoms with E-state index in [4.69, 9.17) is 11.6 Å². The van der Waals surface area contributed by atoms with E-state index in [9.17, 15) is 4.79 Å². The number of carbonyl (C=O) groups is 1. The van der Waals surface area contributed by atoms with E-state index in [1.54, 1.807) is 16.2 Å². The zero-order valence-corrected chi connectivity index (χ0v) is 13.9. The van der Waals surface area contributed by atoms with E-state index in [2.05, 4.69) is 11.9 Å². The van der Waals surface area contributed by atoms with Gasteiger partial charge < -0.3 is 4.90 Å². The third-order valence-corrected chi connectivity index (χ3v) is 4.45. The van der Waals surface area contributed by atoms with Crippen LogP contribution in [0.3, 0.4) is 0 Å². The Labute approximate surface area is 134 Å². The third-order valence-electron chi connectivity index (χ3n) is 3.24. The lowest BCUT2D eigenvalue weighted by atomic mass is 10.1. The summed E-state index contributed by atoms with van der Waals surface area (Å²) in [5.41, 5.74) is 2.54. The minimum atomic E-state index is 0.0550. The Morgan fingerprint density at radius 1 is 1.43 bits per heavy atom. The first-order valence-electron chi connectivity index (χ1n) is 7.02. The third kappa shape index (κ3) is 4.05. The van der Waals surface area contributed by atoms with Gasteiger partial charge in [-0.3, -0.25) is 4.79 Å². The summed E-state index contributed by atoms with van der Waals surface area (Å²) < 4.78 is 0. The lowest BCUT2D eigenvalue weighted by molar-refractivity contribution is 0.0793. The van der Waals surface area contributed by atoms with Crippen molar-refractivity contribution in [3.8, 4) is 10.6 Å². The van der Waals surface area contributed by atoms with Crippen molar-refractivity contribution in [2.24, 2.45) is 0 Å². The molecule has 0 radical (unpaired) electrons. The first-order chi connectivity index (χ1) is 10.2. The molecule has 0 atom stereocenters. The molecule has 0 aliphatic heterocycles. The number of thiazole rings is 1. The van der Waals surface area contributed by atoms with Crippen molar-refractivity contribution in [3.05, 3.63) is 40.9 Å². The average Bonchev–Trinajstić information content (AvgIpc) is 3.01. The Hall–Kier alpha value is -1.39. The van der Waals surface area contributed by atoms with Crippen LogP contribution in [0.5, 0.6) is 0 Å². The van der Waals surface area contributed by atoms with Crippen LogP contribution < -0.4 is 0 Å². The summed E-state index contributed by atoms with van der Waals surface area (Å²) in [5, 5.41) is 2.85. The summed E-state index contributed by atoms with van der Waals surface area (Å²) in [4.78, 5) is 18.6. The second-order valence-corrected chi connectivity index (χ2v) is 6.06. The SMILES string of the molecule is CCCCN(C)C(=O)c1cccc(-c2nc(CCl)cs2)c1. The first-order valence-corrected chi connectivity index (χ1v) is 8.43. The Morgan fingerprint density at radius 2 is 2.24 bits per heavy atom. The van der Waals surface area contributed by atoms with Crippen LogP contribution in [0.4, 0.5) is 0 Å². The molecule has 0 unspecified atom stereocenters. The van der Waals surface area contributed by atoms with E-state index in [0.717, 1.165) is 35.7 Å². The molecule has 112 valence electrons. The monoisotopic (exact) mass is 322 g/mol. The molecule has 0 aliphatic carbocycles. The van der Waals surface area contributed by atoms with Gasteiger partial charge in [0.15, 0.2) is 0 Å². The standard InChI is InChI=1S/C16H19ClN2OS/c1-3-4-8-19(2)16(20)13-7-5-6-12(9-13)15-18-14(10-17)11-21-15/h5-7,9,11H,3-4,8,10H2,1-2H3. The summed E-state index contributed by atoms with van der Waals surface area (Å²) in [6.07, 6.45) is 2.10. The normalized spacial score (nSPS) is 10.6. The largest absolute Gasteiger partial charge is 0.342 e. The molecule has 0 saturated heterocycles. The molecule has 2 aromatic rings. The highest BCUT2D eigenvalue weighted by molar-refractivity contribution is 7.13. The van der Waals surface area contributed by atoms with Crippen molar-refractivity contribution in [2.45, 2.75) is 25.6 Å². The molecule has 0 N–H and O–H groups in total. The molecule has 0 saturated carbocycles. The van der Waals surface area contributed by atoms with Gasteiger partial charge in [-0.05, 0) is 18.6 Å². The van der Waals surface area contributed by atoms with Crippen LogP contribution in [0.15, 0.2) is 29.6 Å². The van der Waals surface area contributed by atoms with Crippen molar-refractivity contribution in [1.29, 1.82) is 0 Å². The van der Waals surface area contributed by atoms with Crippen molar-refractivity contribution in [2.75, 3.05) is 13.6 Å². The van der Waals surface area contributed by atoms with Gasteiger partial charge in [-0.1, -0.05) is 25.5 Å². The topological polar surface area (TPSA) is 33.2 Å². The van der Waals surface area contributed by atoms with Gasteiger partial charge in [-0.25, -0.2) is 4.98 Å². The highest BCUT2D eigenvalue weighted by Crippen LogP contribution is 2.25. The summed E-state index contributed by atoms with van der Waals surface area (Å²) in [5.74, 6) is 0.467. The molecule has 21 heavy (non-hydrogen) atoms. The predicted octanol–water partition coefficient (Wildman–Crippen LogP) is 4.42. The number of alkyl halides is 1. The Morgan fingerprint density at radius 3 is 2.90 bits per heavy atom. The number of amides is 1. The van der Waals surface area contributed by atoms with Gasteiger partial charge in [0.1, 0.15) is 5.01 Å². The van der Waals surface area contributed by atoms with Gasteiger partial charge in [0, 0.05) is 30.1 Å². The maximum absolute atomic E-state index is 12.4. The highest BCUT2D eigenvalue weighted by atomic mass is 35.5. The first kappa shape index (κ1) is 16.0. The molecule has 0 bridgehead atoms. The van der Waals surface area contributed by atoms with Gasteiger partial charge in [-0.2, -0.15) is 0 Å². The lowest BCUT2D eigenvalue weighted by Crippen LogP contribution is -2.27. The fourth-order valence-electron chi connectivity index (χ4n) is 2.00. The van der Waals surface area contributed by atoms with E-state index in [0.29, 0.717) is 11.4 Å². The zero-order chi connectivity index (χ0) is 15.2. The van der Waals surface area contributed by atoms with E-state index in [1.807, 2.05) is 36.7 Å². The van der Waals surface area contributed by atoms with E-state index >= 15 is 0 Å². The van der Waals surface area contributed by atoms with Crippen LogP contribution in [0.25, 0.3) is 10.6 Å². The predicted molar refractivity (Wildman–Crippen MR) is 89.0 cm³/mol. The minimum Gasteiger partial charge on any atom is -0.342 e. The number of carbonyl (C=O) groups excluding carboxylic acids is 1. The van der Waals surface area contributed by atoms with Gasteiger partial charge in [0.05, 0.1) is 11.6 Å². The molecule has 5 heteroatoms. The van der Waals surface area contributed by atoms with Crippen molar-refractivity contribution >= 4 is 28.8 Å². The zero-order valence-electron chi connectivity index (χ0n) is 12.3. The smallest absolute Gasteiger partial charge is 0.253 e. The van der Waals surface area contributed by atoms with Crippen LogP contribution in [0, 0.1) is 0 Å². The van der Waals surface area contributed by atoms with Crippen molar-refractivity contribution in [1.82, 2.24) is 9.88 Å². The van der Waals surface area contributed by atoms with Crippen molar-refractivity contribution in [3.63, 3.8) is 0 Å². The van der Waals surface area contributed by atoms with Crippen LogP contribution in [-0.4, -0.2) is 29.4 Å². The molecule has 0 spiro atoms. The quantitative estimate of drug-likeness (QED) is 0.737. The molecule has 2 rings (SSSR count). The minimum absolute atomic E-state index is 0.0550. The Kier molecular flexibility index (Phi) is 5.76. The number of nitrogens with zero attached hydrogens (tertiary/aromatic N) is 2. The van der Waals surface area contributed by atoms with Gasteiger partial charge in [0.25, 0.3) is 5.91 Å². The number of benzene rings is 1. The van der Waals surface area contributed by atoms with Crippen LogP contribution >= 0.6 is 22.9 Å².